The van der Waals surface area contributed by atoms with E-state index < -0.39 is 0 Å². The third-order valence-corrected chi connectivity index (χ3v) is 4.52. The molecular formula is C18H30N2O. The maximum Gasteiger partial charge on any atom is 0.123 e. The van der Waals surface area contributed by atoms with Gasteiger partial charge in [-0.3, -0.25) is 4.90 Å². The molecule has 1 N–H and O–H groups in total. The zero-order valence-electron chi connectivity index (χ0n) is 13.8. The van der Waals surface area contributed by atoms with Gasteiger partial charge in [-0.2, -0.15) is 0 Å². The zero-order chi connectivity index (χ0) is 15.1. The number of hydrogen-bond acceptors (Lipinski definition) is 3. The first-order valence-corrected chi connectivity index (χ1v) is 8.35. The number of likely N-dealkylation sites (tertiary alicyclic amines) is 1. The molecule has 2 unspecified atom stereocenters. The highest BCUT2D eigenvalue weighted by Gasteiger charge is 2.27. The molecule has 2 rings (SSSR count). The van der Waals surface area contributed by atoms with E-state index in [1.54, 1.807) is 7.11 Å². The van der Waals surface area contributed by atoms with Crippen molar-refractivity contribution in [2.75, 3.05) is 20.2 Å². The lowest BCUT2D eigenvalue weighted by Crippen LogP contribution is -2.50. The Balaban J connectivity index is 2.04. The second-order valence-corrected chi connectivity index (χ2v) is 6.09. The summed E-state index contributed by atoms with van der Waals surface area (Å²) in [5.74, 6) is 1.01. The molecule has 1 heterocycles. The van der Waals surface area contributed by atoms with Crippen LogP contribution in [0.2, 0.25) is 0 Å². The number of hydrogen-bond donors (Lipinski definition) is 1. The van der Waals surface area contributed by atoms with Gasteiger partial charge in [0, 0.05) is 24.2 Å². The SMILES string of the molecule is CCCNC(C)C1CCCCN1Cc1ccccc1OC. The molecule has 1 aromatic rings. The smallest absolute Gasteiger partial charge is 0.123 e. The molecule has 0 aromatic heterocycles. The fraction of sp³-hybridized carbons (Fsp3) is 0.667. The molecule has 0 aliphatic carbocycles. The average molecular weight is 290 g/mol. The lowest BCUT2D eigenvalue weighted by Gasteiger charge is -2.39. The maximum atomic E-state index is 5.51. The van der Waals surface area contributed by atoms with E-state index in [4.69, 9.17) is 4.74 Å². The summed E-state index contributed by atoms with van der Waals surface area (Å²) in [6, 6.07) is 9.59. The maximum absolute atomic E-state index is 5.51. The summed E-state index contributed by atoms with van der Waals surface area (Å²) < 4.78 is 5.51. The number of para-hydroxylation sites is 1. The van der Waals surface area contributed by atoms with E-state index in [1.807, 2.05) is 6.07 Å². The van der Waals surface area contributed by atoms with Crippen LogP contribution in [-0.4, -0.2) is 37.2 Å². The van der Waals surface area contributed by atoms with Crippen molar-refractivity contribution >= 4 is 0 Å². The number of benzene rings is 1. The lowest BCUT2D eigenvalue weighted by atomic mass is 9.95. The van der Waals surface area contributed by atoms with Gasteiger partial charge in [-0.1, -0.05) is 31.5 Å². The molecule has 0 saturated carbocycles. The van der Waals surface area contributed by atoms with E-state index in [0.29, 0.717) is 12.1 Å². The summed E-state index contributed by atoms with van der Waals surface area (Å²) >= 11 is 0. The monoisotopic (exact) mass is 290 g/mol. The molecule has 0 bridgehead atoms. The fourth-order valence-corrected chi connectivity index (χ4v) is 3.34. The molecule has 118 valence electrons. The van der Waals surface area contributed by atoms with Crippen LogP contribution in [-0.2, 0) is 6.54 Å². The normalized spacial score (nSPS) is 21.2. The molecule has 0 amide bonds. The molecule has 1 fully saturated rings. The molecule has 21 heavy (non-hydrogen) atoms. The first-order chi connectivity index (χ1) is 10.3. The molecule has 1 aliphatic rings. The van der Waals surface area contributed by atoms with E-state index in [2.05, 4.69) is 42.3 Å². The van der Waals surface area contributed by atoms with Crippen molar-refractivity contribution in [2.45, 2.75) is 58.2 Å². The summed E-state index contributed by atoms with van der Waals surface area (Å²) in [7, 11) is 1.76. The van der Waals surface area contributed by atoms with Gasteiger partial charge in [-0.05, 0) is 45.3 Å². The van der Waals surface area contributed by atoms with Crippen LogP contribution < -0.4 is 10.1 Å². The van der Waals surface area contributed by atoms with Crippen LogP contribution in [0, 0.1) is 0 Å². The van der Waals surface area contributed by atoms with Crippen molar-refractivity contribution in [3.8, 4) is 5.75 Å². The van der Waals surface area contributed by atoms with Crippen LogP contribution in [0.1, 0.15) is 45.1 Å². The number of nitrogens with one attached hydrogen (secondary N) is 1. The van der Waals surface area contributed by atoms with Crippen LogP contribution in [0.3, 0.4) is 0 Å². The van der Waals surface area contributed by atoms with Gasteiger partial charge in [0.1, 0.15) is 5.75 Å². The van der Waals surface area contributed by atoms with Gasteiger partial charge in [-0.15, -0.1) is 0 Å². The number of ether oxygens (including phenoxy) is 1. The topological polar surface area (TPSA) is 24.5 Å². The van der Waals surface area contributed by atoms with Crippen LogP contribution in [0.5, 0.6) is 5.75 Å². The van der Waals surface area contributed by atoms with E-state index in [9.17, 15) is 0 Å². The van der Waals surface area contributed by atoms with E-state index >= 15 is 0 Å². The Morgan fingerprint density at radius 2 is 2.14 bits per heavy atom. The molecule has 1 aliphatic heterocycles. The molecule has 1 saturated heterocycles. The Bertz CT molecular complexity index is 421. The van der Waals surface area contributed by atoms with Gasteiger partial charge in [0.05, 0.1) is 7.11 Å². The van der Waals surface area contributed by atoms with Crippen molar-refractivity contribution in [1.29, 1.82) is 0 Å². The number of nitrogens with zero attached hydrogens (tertiary/aromatic N) is 1. The van der Waals surface area contributed by atoms with Crippen LogP contribution in [0.4, 0.5) is 0 Å². The van der Waals surface area contributed by atoms with Gasteiger partial charge in [0.15, 0.2) is 0 Å². The van der Waals surface area contributed by atoms with Crippen LogP contribution in [0.25, 0.3) is 0 Å². The zero-order valence-corrected chi connectivity index (χ0v) is 13.8. The first-order valence-electron chi connectivity index (χ1n) is 8.35. The quantitative estimate of drug-likeness (QED) is 0.832. The van der Waals surface area contributed by atoms with Crippen molar-refractivity contribution in [1.82, 2.24) is 10.2 Å². The number of methoxy groups -OCH3 is 1. The highest BCUT2D eigenvalue weighted by molar-refractivity contribution is 5.33. The summed E-state index contributed by atoms with van der Waals surface area (Å²) in [5.41, 5.74) is 1.30. The van der Waals surface area contributed by atoms with Gasteiger partial charge >= 0.3 is 0 Å². The molecule has 1 aromatic carbocycles. The minimum atomic E-state index is 0.556. The Kier molecular flexibility index (Phi) is 6.52. The van der Waals surface area contributed by atoms with Crippen molar-refractivity contribution in [3.63, 3.8) is 0 Å². The molecule has 2 atom stereocenters. The number of piperidine rings is 1. The predicted octanol–water partition coefficient (Wildman–Crippen LogP) is 3.44. The molecule has 0 radical (unpaired) electrons. The largest absolute Gasteiger partial charge is 0.496 e. The van der Waals surface area contributed by atoms with E-state index in [0.717, 1.165) is 18.8 Å². The Hall–Kier alpha value is -1.06. The molecule has 3 nitrogen and oxygen atoms in total. The second kappa shape index (κ2) is 8.40. The lowest BCUT2D eigenvalue weighted by molar-refractivity contribution is 0.111. The van der Waals surface area contributed by atoms with Gasteiger partial charge < -0.3 is 10.1 Å². The summed E-state index contributed by atoms with van der Waals surface area (Å²) in [6.07, 6.45) is 5.16. The highest BCUT2D eigenvalue weighted by Crippen LogP contribution is 2.25. The Labute approximate surface area is 129 Å². The van der Waals surface area contributed by atoms with Crippen molar-refractivity contribution in [3.05, 3.63) is 29.8 Å². The van der Waals surface area contributed by atoms with E-state index in [1.165, 1.54) is 37.8 Å². The standard InChI is InChI=1S/C18H30N2O/c1-4-12-19-15(2)17-10-7-8-13-20(17)14-16-9-5-6-11-18(16)21-3/h5-6,9,11,15,17,19H,4,7-8,10,12-14H2,1-3H3. The first kappa shape index (κ1) is 16.3. The molecule has 0 spiro atoms. The fourth-order valence-electron chi connectivity index (χ4n) is 3.34. The molecule has 3 heteroatoms. The Morgan fingerprint density at radius 1 is 1.33 bits per heavy atom. The highest BCUT2D eigenvalue weighted by atomic mass is 16.5. The third kappa shape index (κ3) is 4.45. The van der Waals surface area contributed by atoms with Gasteiger partial charge in [-0.25, -0.2) is 0 Å². The summed E-state index contributed by atoms with van der Waals surface area (Å²) in [6.45, 7) is 7.86. The van der Waals surface area contributed by atoms with Crippen molar-refractivity contribution < 1.29 is 4.74 Å². The second-order valence-electron chi connectivity index (χ2n) is 6.09. The van der Waals surface area contributed by atoms with Gasteiger partial charge in [0.2, 0.25) is 0 Å². The van der Waals surface area contributed by atoms with Crippen LogP contribution >= 0.6 is 0 Å². The minimum absolute atomic E-state index is 0.556. The summed E-state index contributed by atoms with van der Waals surface area (Å²) in [4.78, 5) is 2.63. The van der Waals surface area contributed by atoms with Gasteiger partial charge in [0.25, 0.3) is 0 Å². The number of rotatable bonds is 7. The van der Waals surface area contributed by atoms with Crippen molar-refractivity contribution in [2.24, 2.45) is 0 Å². The summed E-state index contributed by atoms with van der Waals surface area (Å²) in [5, 5.41) is 3.67. The predicted molar refractivity (Wildman–Crippen MR) is 88.8 cm³/mol. The molecular weight excluding hydrogens is 260 g/mol. The average Bonchev–Trinajstić information content (AvgIpc) is 2.53. The van der Waals surface area contributed by atoms with Crippen LogP contribution in [0.15, 0.2) is 24.3 Å². The van der Waals surface area contributed by atoms with E-state index in [-0.39, 0.29) is 0 Å². The third-order valence-electron chi connectivity index (χ3n) is 4.52. The minimum Gasteiger partial charge on any atom is -0.496 e. The Morgan fingerprint density at radius 3 is 2.90 bits per heavy atom.